The van der Waals surface area contributed by atoms with Gasteiger partial charge >= 0.3 is 5.97 Å². The van der Waals surface area contributed by atoms with Crippen LogP contribution >= 0.6 is 0 Å². The van der Waals surface area contributed by atoms with Crippen molar-refractivity contribution in [2.75, 3.05) is 13.2 Å². The van der Waals surface area contributed by atoms with Crippen LogP contribution in [0.5, 0.6) is 0 Å². The third kappa shape index (κ3) is 3.97. The Morgan fingerprint density at radius 3 is 2.59 bits per heavy atom. The summed E-state index contributed by atoms with van der Waals surface area (Å²) in [5.74, 6) is -2.24. The van der Waals surface area contributed by atoms with E-state index in [-0.39, 0.29) is 11.3 Å². The number of hydrogen-bond donors (Lipinski definition) is 0. The van der Waals surface area contributed by atoms with E-state index in [0.717, 1.165) is 18.3 Å². The molecule has 0 amide bonds. The fourth-order valence-electron chi connectivity index (χ4n) is 1.82. The molecule has 22 heavy (non-hydrogen) atoms. The van der Waals surface area contributed by atoms with Crippen molar-refractivity contribution in [2.45, 2.75) is 12.2 Å². The lowest BCUT2D eigenvalue weighted by Gasteiger charge is -2.24. The van der Waals surface area contributed by atoms with Gasteiger partial charge in [-0.2, -0.15) is 4.39 Å². The molecule has 10 heteroatoms. The van der Waals surface area contributed by atoms with Crippen molar-refractivity contribution in [1.29, 1.82) is 0 Å². The molecule has 0 fully saturated rings. The molecule has 0 atom stereocenters. The highest BCUT2D eigenvalue weighted by Gasteiger charge is 2.31. The lowest BCUT2D eigenvalue weighted by atomic mass is 10.3. The zero-order valence-corrected chi connectivity index (χ0v) is 11.9. The Kier molecular flexibility index (Phi) is 4.69. The van der Waals surface area contributed by atoms with Crippen molar-refractivity contribution >= 4 is 16.0 Å². The highest BCUT2D eigenvalue weighted by molar-refractivity contribution is 7.88. The molecule has 0 N–H and O–H groups in total. The van der Waals surface area contributed by atoms with E-state index >= 15 is 0 Å². The molecule has 1 aromatic rings. The van der Waals surface area contributed by atoms with Crippen LogP contribution in [0.3, 0.4) is 0 Å². The maximum atomic E-state index is 12.7. The lowest BCUT2D eigenvalue weighted by molar-refractivity contribution is -0.135. The van der Waals surface area contributed by atoms with Crippen LogP contribution in [0, 0.1) is 5.95 Å². The first-order valence-corrected chi connectivity index (χ1v) is 7.65. The Hall–Kier alpha value is -2.10. The minimum atomic E-state index is -4.20. The topological polar surface area (TPSA) is 76.6 Å². The normalized spacial score (nSPS) is 14.9. The Balaban J connectivity index is 2.26. The number of rotatable bonds is 6. The molecule has 1 aliphatic heterocycles. The first-order chi connectivity index (χ1) is 10.3. The van der Waals surface area contributed by atoms with E-state index in [1.165, 1.54) is 6.07 Å². The number of nitrogens with zero attached hydrogens (tertiary/aromatic N) is 2. The van der Waals surface area contributed by atoms with Crippen LogP contribution in [0.25, 0.3) is 0 Å². The summed E-state index contributed by atoms with van der Waals surface area (Å²) in [5.41, 5.74) is -0.0353. The van der Waals surface area contributed by atoms with Crippen molar-refractivity contribution in [3.05, 3.63) is 41.6 Å². The minimum absolute atomic E-state index is 0.131. The number of cyclic esters (lactones) is 1. The van der Waals surface area contributed by atoms with Gasteiger partial charge in [-0.3, -0.25) is 4.31 Å². The van der Waals surface area contributed by atoms with E-state index in [0.29, 0.717) is 4.31 Å². The second-order valence-corrected chi connectivity index (χ2v) is 6.30. The number of pyridine rings is 1. The number of sulfonamides is 1. The first-order valence-electron chi connectivity index (χ1n) is 6.04. The molecule has 1 aromatic heterocycles. The number of halogens is 3. The standard InChI is InChI=1S/C12H11F3N2O4S/c13-10(14)5-17(9-3-12(18)21-6-9)22(19,20)7-8-1-2-11(15)16-4-8/h1-4,10H,5-7H2. The smallest absolute Gasteiger partial charge is 0.333 e. The van der Waals surface area contributed by atoms with Crippen LogP contribution in [-0.2, 0) is 25.3 Å². The summed E-state index contributed by atoms with van der Waals surface area (Å²) in [4.78, 5) is 14.3. The van der Waals surface area contributed by atoms with E-state index in [1.54, 1.807) is 0 Å². The Labute approximate surface area is 124 Å². The molecule has 1 aliphatic rings. The van der Waals surface area contributed by atoms with Crippen molar-refractivity contribution in [2.24, 2.45) is 0 Å². The predicted octanol–water partition coefficient (Wildman–Crippen LogP) is 1.06. The van der Waals surface area contributed by atoms with Crippen molar-refractivity contribution in [3.63, 3.8) is 0 Å². The highest BCUT2D eigenvalue weighted by atomic mass is 32.2. The van der Waals surface area contributed by atoms with Gasteiger partial charge in [-0.15, -0.1) is 0 Å². The van der Waals surface area contributed by atoms with Gasteiger partial charge in [-0.25, -0.2) is 27.0 Å². The summed E-state index contributed by atoms with van der Waals surface area (Å²) in [6.45, 7) is -1.49. The van der Waals surface area contributed by atoms with Crippen molar-refractivity contribution < 1.29 is 31.1 Å². The molecule has 0 saturated heterocycles. The molecule has 0 aliphatic carbocycles. The molecule has 0 radical (unpaired) electrons. The molecular weight excluding hydrogens is 325 g/mol. The van der Waals surface area contributed by atoms with Crippen LogP contribution in [-0.4, -0.2) is 43.3 Å². The van der Waals surface area contributed by atoms with Crippen LogP contribution in [0.15, 0.2) is 30.1 Å². The molecule has 0 saturated carbocycles. The summed E-state index contributed by atoms with van der Waals surface area (Å²) in [5, 5.41) is 0. The Bertz CT molecular complexity index is 689. The Morgan fingerprint density at radius 1 is 1.36 bits per heavy atom. The van der Waals surface area contributed by atoms with Gasteiger partial charge in [0, 0.05) is 12.3 Å². The predicted molar refractivity (Wildman–Crippen MR) is 68.6 cm³/mol. The van der Waals surface area contributed by atoms with Gasteiger partial charge < -0.3 is 4.74 Å². The van der Waals surface area contributed by atoms with Crippen molar-refractivity contribution in [1.82, 2.24) is 9.29 Å². The number of ether oxygens (including phenoxy) is 1. The monoisotopic (exact) mass is 336 g/mol. The fourth-order valence-corrected chi connectivity index (χ4v) is 3.37. The maximum Gasteiger partial charge on any atom is 0.333 e. The zero-order chi connectivity index (χ0) is 16.3. The number of aromatic nitrogens is 1. The van der Waals surface area contributed by atoms with Gasteiger partial charge in [0.15, 0.2) is 0 Å². The summed E-state index contributed by atoms with van der Waals surface area (Å²) in [7, 11) is -4.20. The highest BCUT2D eigenvalue weighted by Crippen LogP contribution is 2.21. The first kappa shape index (κ1) is 16.3. The fraction of sp³-hybridized carbons (Fsp3) is 0.333. The van der Waals surface area contributed by atoms with Gasteiger partial charge in [0.05, 0.1) is 18.0 Å². The van der Waals surface area contributed by atoms with E-state index in [2.05, 4.69) is 9.72 Å². The number of carbonyl (C=O) groups is 1. The van der Waals surface area contributed by atoms with Gasteiger partial charge in [-0.05, 0) is 11.6 Å². The van der Waals surface area contributed by atoms with Crippen LogP contribution in [0.1, 0.15) is 5.56 Å². The molecule has 2 heterocycles. The number of carbonyl (C=O) groups excluding carboxylic acids is 1. The van der Waals surface area contributed by atoms with E-state index in [9.17, 15) is 26.4 Å². The quantitative estimate of drug-likeness (QED) is 0.573. The van der Waals surface area contributed by atoms with Gasteiger partial charge in [0.1, 0.15) is 6.61 Å². The van der Waals surface area contributed by atoms with Crippen LogP contribution < -0.4 is 0 Å². The second-order valence-electron chi connectivity index (χ2n) is 4.41. The van der Waals surface area contributed by atoms with E-state index < -0.39 is 47.3 Å². The largest absolute Gasteiger partial charge is 0.456 e. The second kappa shape index (κ2) is 6.34. The van der Waals surface area contributed by atoms with Gasteiger partial charge in [0.25, 0.3) is 6.43 Å². The summed E-state index contributed by atoms with van der Waals surface area (Å²) < 4.78 is 67.5. The average molecular weight is 336 g/mol. The molecule has 0 spiro atoms. The summed E-state index contributed by atoms with van der Waals surface area (Å²) in [6.07, 6.45) is -1.08. The Morgan fingerprint density at radius 2 is 2.09 bits per heavy atom. The number of hydrogen-bond acceptors (Lipinski definition) is 5. The van der Waals surface area contributed by atoms with Gasteiger partial charge in [0.2, 0.25) is 16.0 Å². The average Bonchev–Trinajstić information content (AvgIpc) is 2.84. The third-order valence-corrected chi connectivity index (χ3v) is 4.50. The number of alkyl halides is 2. The molecular formula is C12H11F3N2O4S. The zero-order valence-electron chi connectivity index (χ0n) is 11.1. The van der Waals surface area contributed by atoms with Crippen LogP contribution in [0.2, 0.25) is 0 Å². The van der Waals surface area contributed by atoms with Crippen molar-refractivity contribution in [3.8, 4) is 0 Å². The lowest BCUT2D eigenvalue weighted by Crippen LogP contribution is -2.36. The SMILES string of the molecule is O=C1C=C(N(CC(F)F)S(=O)(=O)Cc2ccc(F)nc2)CO1. The summed E-state index contributed by atoms with van der Waals surface area (Å²) >= 11 is 0. The molecule has 2 rings (SSSR count). The third-order valence-electron chi connectivity index (χ3n) is 2.74. The molecule has 0 aromatic carbocycles. The molecule has 6 nitrogen and oxygen atoms in total. The van der Waals surface area contributed by atoms with Crippen LogP contribution in [0.4, 0.5) is 13.2 Å². The maximum absolute atomic E-state index is 12.7. The van der Waals surface area contributed by atoms with E-state index in [1.807, 2.05) is 0 Å². The molecule has 120 valence electrons. The molecule has 0 unspecified atom stereocenters. The number of esters is 1. The molecule has 0 bridgehead atoms. The van der Waals surface area contributed by atoms with Gasteiger partial charge in [-0.1, -0.05) is 6.07 Å². The summed E-state index contributed by atoms with van der Waals surface area (Å²) in [6, 6.07) is 2.15. The minimum Gasteiger partial charge on any atom is -0.456 e. The van der Waals surface area contributed by atoms with E-state index in [4.69, 9.17) is 0 Å².